The van der Waals surface area contributed by atoms with E-state index in [-0.39, 0.29) is 17.6 Å². The molecule has 0 atom stereocenters. The fourth-order valence-electron chi connectivity index (χ4n) is 3.40. The van der Waals surface area contributed by atoms with Crippen molar-refractivity contribution in [1.82, 2.24) is 4.90 Å². The van der Waals surface area contributed by atoms with Crippen LogP contribution in [0.25, 0.3) is 6.08 Å². The second-order valence-corrected chi connectivity index (χ2v) is 6.36. The van der Waals surface area contributed by atoms with E-state index >= 15 is 0 Å². The molecule has 4 nitrogen and oxygen atoms in total. The molecule has 1 amide bonds. The number of benzene rings is 1. The SMILES string of the molecule is COc1ccc2c(c1)C=CC21CCN(C(=O)OC(C)C)CC1. The van der Waals surface area contributed by atoms with Crippen LogP contribution in [0.4, 0.5) is 4.79 Å². The number of hydrogen-bond acceptors (Lipinski definition) is 3. The van der Waals surface area contributed by atoms with Crippen LogP contribution in [-0.2, 0) is 10.2 Å². The second kappa shape index (κ2) is 5.67. The Labute approximate surface area is 131 Å². The van der Waals surface area contributed by atoms with Crippen molar-refractivity contribution in [3.05, 3.63) is 35.4 Å². The third-order valence-corrected chi connectivity index (χ3v) is 4.63. The minimum atomic E-state index is -0.193. The van der Waals surface area contributed by atoms with Crippen molar-refractivity contribution in [2.24, 2.45) is 0 Å². The summed E-state index contributed by atoms with van der Waals surface area (Å²) in [5, 5.41) is 0. The van der Waals surface area contributed by atoms with Crippen LogP contribution in [0.2, 0.25) is 0 Å². The maximum atomic E-state index is 12.0. The zero-order valence-corrected chi connectivity index (χ0v) is 13.5. The zero-order valence-electron chi connectivity index (χ0n) is 13.5. The summed E-state index contributed by atoms with van der Waals surface area (Å²) < 4.78 is 10.6. The number of nitrogens with zero attached hydrogens (tertiary/aromatic N) is 1. The van der Waals surface area contributed by atoms with Gasteiger partial charge >= 0.3 is 6.09 Å². The van der Waals surface area contributed by atoms with E-state index in [0.717, 1.165) is 31.7 Å². The largest absolute Gasteiger partial charge is 0.497 e. The van der Waals surface area contributed by atoms with E-state index in [1.54, 1.807) is 7.11 Å². The predicted molar refractivity (Wildman–Crippen MR) is 86.1 cm³/mol. The number of methoxy groups -OCH3 is 1. The van der Waals surface area contributed by atoms with E-state index in [9.17, 15) is 4.79 Å². The summed E-state index contributed by atoms with van der Waals surface area (Å²) in [6.07, 6.45) is 6.10. The average Bonchev–Trinajstić information content (AvgIpc) is 2.85. The molecule has 1 heterocycles. The maximum absolute atomic E-state index is 12.0. The van der Waals surface area contributed by atoms with Crippen molar-refractivity contribution in [2.75, 3.05) is 20.2 Å². The molecule has 0 bridgehead atoms. The summed E-state index contributed by atoms with van der Waals surface area (Å²) in [4.78, 5) is 13.8. The Morgan fingerprint density at radius 2 is 2.00 bits per heavy atom. The maximum Gasteiger partial charge on any atom is 0.410 e. The highest BCUT2D eigenvalue weighted by molar-refractivity contribution is 5.70. The van der Waals surface area contributed by atoms with Gasteiger partial charge < -0.3 is 14.4 Å². The quantitative estimate of drug-likeness (QED) is 0.838. The van der Waals surface area contributed by atoms with E-state index < -0.39 is 0 Å². The van der Waals surface area contributed by atoms with Gasteiger partial charge in [-0.05, 0) is 49.9 Å². The van der Waals surface area contributed by atoms with Crippen LogP contribution in [0.5, 0.6) is 5.75 Å². The van der Waals surface area contributed by atoms with Gasteiger partial charge in [0.1, 0.15) is 5.75 Å². The Bertz CT molecular complexity index is 598. The van der Waals surface area contributed by atoms with Crippen LogP contribution < -0.4 is 4.74 Å². The van der Waals surface area contributed by atoms with Crippen molar-refractivity contribution >= 4 is 12.2 Å². The lowest BCUT2D eigenvalue weighted by molar-refractivity contribution is 0.0653. The first kappa shape index (κ1) is 14.9. The van der Waals surface area contributed by atoms with Crippen LogP contribution >= 0.6 is 0 Å². The van der Waals surface area contributed by atoms with Gasteiger partial charge in [-0.3, -0.25) is 0 Å². The number of rotatable bonds is 2. The average molecular weight is 301 g/mol. The zero-order chi connectivity index (χ0) is 15.7. The molecule has 0 radical (unpaired) electrons. The van der Waals surface area contributed by atoms with Crippen molar-refractivity contribution in [1.29, 1.82) is 0 Å². The molecule has 0 saturated carbocycles. The summed E-state index contributed by atoms with van der Waals surface area (Å²) in [5.74, 6) is 0.887. The van der Waals surface area contributed by atoms with E-state index in [1.807, 2.05) is 24.8 Å². The molecule has 1 fully saturated rings. The molecule has 1 aliphatic heterocycles. The van der Waals surface area contributed by atoms with Crippen molar-refractivity contribution in [3.8, 4) is 5.75 Å². The van der Waals surface area contributed by atoms with Crippen LogP contribution in [0, 0.1) is 0 Å². The Morgan fingerprint density at radius 1 is 1.27 bits per heavy atom. The number of allylic oxidation sites excluding steroid dienone is 1. The lowest BCUT2D eigenvalue weighted by Crippen LogP contribution is -2.44. The monoisotopic (exact) mass is 301 g/mol. The first-order valence-corrected chi connectivity index (χ1v) is 7.87. The molecule has 118 valence electrons. The van der Waals surface area contributed by atoms with Gasteiger partial charge in [0.2, 0.25) is 0 Å². The number of likely N-dealkylation sites (tertiary alicyclic amines) is 1. The number of carbonyl (C=O) groups is 1. The molecule has 4 heteroatoms. The van der Waals surface area contributed by atoms with Crippen molar-refractivity contribution < 1.29 is 14.3 Å². The van der Waals surface area contributed by atoms with Gasteiger partial charge in [0.15, 0.2) is 0 Å². The minimum absolute atomic E-state index is 0.0657. The van der Waals surface area contributed by atoms with Crippen LogP contribution in [0.3, 0.4) is 0 Å². The first-order valence-electron chi connectivity index (χ1n) is 7.87. The molecule has 0 N–H and O–H groups in total. The molecule has 1 spiro atoms. The fourth-order valence-corrected chi connectivity index (χ4v) is 3.40. The standard InChI is InChI=1S/C18H23NO3/c1-13(2)22-17(20)19-10-8-18(9-11-19)7-6-14-12-15(21-3)4-5-16(14)18/h4-7,12-13H,8-11H2,1-3H3. The van der Waals surface area contributed by atoms with E-state index in [2.05, 4.69) is 24.3 Å². The van der Waals surface area contributed by atoms with Crippen LogP contribution in [0.15, 0.2) is 24.3 Å². The molecule has 1 aliphatic carbocycles. The molecular formula is C18H23NO3. The minimum Gasteiger partial charge on any atom is -0.497 e. The van der Waals surface area contributed by atoms with Gasteiger partial charge in [-0.25, -0.2) is 4.79 Å². The Balaban J connectivity index is 1.72. The van der Waals surface area contributed by atoms with Crippen LogP contribution in [-0.4, -0.2) is 37.3 Å². The number of hydrogen-bond donors (Lipinski definition) is 0. The fraction of sp³-hybridized carbons (Fsp3) is 0.500. The van der Waals surface area contributed by atoms with E-state index in [0.29, 0.717) is 0 Å². The number of carbonyl (C=O) groups excluding carboxylic acids is 1. The number of ether oxygens (including phenoxy) is 2. The first-order chi connectivity index (χ1) is 10.5. The third-order valence-electron chi connectivity index (χ3n) is 4.63. The smallest absolute Gasteiger partial charge is 0.410 e. The molecule has 1 aromatic rings. The van der Waals surface area contributed by atoms with Gasteiger partial charge in [0.25, 0.3) is 0 Å². The summed E-state index contributed by atoms with van der Waals surface area (Å²) >= 11 is 0. The lowest BCUT2D eigenvalue weighted by Gasteiger charge is -2.39. The highest BCUT2D eigenvalue weighted by Gasteiger charge is 2.39. The molecule has 2 aliphatic rings. The highest BCUT2D eigenvalue weighted by atomic mass is 16.6. The van der Waals surface area contributed by atoms with Gasteiger partial charge in [0.05, 0.1) is 13.2 Å². The van der Waals surface area contributed by atoms with E-state index in [4.69, 9.17) is 9.47 Å². The van der Waals surface area contributed by atoms with Gasteiger partial charge in [-0.1, -0.05) is 18.2 Å². The summed E-state index contributed by atoms with van der Waals surface area (Å²) in [5.41, 5.74) is 2.65. The topological polar surface area (TPSA) is 38.8 Å². The summed E-state index contributed by atoms with van der Waals surface area (Å²) in [6, 6.07) is 6.27. The van der Waals surface area contributed by atoms with Gasteiger partial charge in [0, 0.05) is 18.5 Å². The Hall–Kier alpha value is -1.97. The normalized spacial score (nSPS) is 18.6. The van der Waals surface area contributed by atoms with E-state index in [1.165, 1.54) is 11.1 Å². The summed E-state index contributed by atoms with van der Waals surface area (Å²) in [7, 11) is 1.69. The lowest BCUT2D eigenvalue weighted by atomic mass is 9.74. The van der Waals surface area contributed by atoms with Crippen molar-refractivity contribution in [2.45, 2.75) is 38.2 Å². The third kappa shape index (κ3) is 2.58. The Kier molecular flexibility index (Phi) is 3.85. The highest BCUT2D eigenvalue weighted by Crippen LogP contribution is 2.44. The predicted octanol–water partition coefficient (Wildman–Crippen LogP) is 3.60. The molecule has 1 aromatic carbocycles. The van der Waals surface area contributed by atoms with Gasteiger partial charge in [-0.15, -0.1) is 0 Å². The number of fused-ring (bicyclic) bond motifs is 2. The molecular weight excluding hydrogens is 278 g/mol. The number of amides is 1. The molecule has 3 rings (SSSR count). The summed E-state index contributed by atoms with van der Waals surface area (Å²) in [6.45, 7) is 5.24. The van der Waals surface area contributed by atoms with Crippen LogP contribution in [0.1, 0.15) is 37.8 Å². The molecule has 0 aromatic heterocycles. The number of piperidine rings is 1. The van der Waals surface area contributed by atoms with Crippen molar-refractivity contribution in [3.63, 3.8) is 0 Å². The second-order valence-electron chi connectivity index (χ2n) is 6.36. The molecule has 22 heavy (non-hydrogen) atoms. The molecule has 0 unspecified atom stereocenters. The molecule has 1 saturated heterocycles. The van der Waals surface area contributed by atoms with Gasteiger partial charge in [-0.2, -0.15) is 0 Å². The Morgan fingerprint density at radius 3 is 2.64 bits per heavy atom.